The van der Waals surface area contributed by atoms with E-state index in [0.717, 1.165) is 32.4 Å². The molecule has 2 unspecified atom stereocenters. The van der Waals surface area contributed by atoms with Crippen LogP contribution in [0.4, 0.5) is 0 Å². The SMILES string of the molecule is NC(CCCCB(O)O)(C(=O)O)[C@H]1C[C@@H](NCC2Cc3ccccc3CN2)C1. The van der Waals surface area contributed by atoms with Gasteiger partial charge in [-0.3, -0.25) is 4.79 Å². The highest BCUT2D eigenvalue weighted by Gasteiger charge is 2.48. The Kier molecular flexibility index (Phi) is 7.12. The normalized spacial score (nSPS) is 26.0. The van der Waals surface area contributed by atoms with Crippen LogP contribution in [0.3, 0.4) is 0 Å². The summed E-state index contributed by atoms with van der Waals surface area (Å²) in [6.45, 7) is 1.76. The van der Waals surface area contributed by atoms with Crippen LogP contribution in [0.15, 0.2) is 24.3 Å². The number of carboxylic acid groups (broad SMARTS) is 1. The van der Waals surface area contributed by atoms with E-state index in [1.54, 1.807) is 0 Å². The number of carboxylic acids is 1. The lowest BCUT2D eigenvalue weighted by Crippen LogP contribution is -2.61. The summed E-state index contributed by atoms with van der Waals surface area (Å²) in [7, 11) is -1.34. The lowest BCUT2D eigenvalue weighted by molar-refractivity contribution is -0.148. The van der Waals surface area contributed by atoms with Crippen molar-refractivity contribution in [1.82, 2.24) is 10.6 Å². The first-order valence-corrected chi connectivity index (χ1v) is 10.3. The third-order valence-electron chi connectivity index (χ3n) is 6.39. The predicted molar refractivity (Wildman–Crippen MR) is 109 cm³/mol. The number of fused-ring (bicyclic) bond motifs is 1. The largest absolute Gasteiger partial charge is 0.480 e. The number of benzene rings is 1. The molecular formula is C20H32BN3O4. The summed E-state index contributed by atoms with van der Waals surface area (Å²) < 4.78 is 0. The molecule has 1 aliphatic carbocycles. The average Bonchev–Trinajstić information content (AvgIpc) is 2.63. The minimum absolute atomic E-state index is 0.0402. The molecule has 7 nitrogen and oxygen atoms in total. The third-order valence-corrected chi connectivity index (χ3v) is 6.39. The molecule has 0 spiro atoms. The zero-order valence-electron chi connectivity index (χ0n) is 16.3. The number of rotatable bonds is 10. The van der Waals surface area contributed by atoms with Crippen LogP contribution in [0.1, 0.15) is 43.2 Å². The fourth-order valence-electron chi connectivity index (χ4n) is 4.41. The van der Waals surface area contributed by atoms with E-state index in [-0.39, 0.29) is 12.2 Å². The van der Waals surface area contributed by atoms with Gasteiger partial charge in [0.15, 0.2) is 0 Å². The zero-order chi connectivity index (χ0) is 20.1. The van der Waals surface area contributed by atoms with Gasteiger partial charge in [0.2, 0.25) is 0 Å². The van der Waals surface area contributed by atoms with Gasteiger partial charge >= 0.3 is 13.1 Å². The van der Waals surface area contributed by atoms with Crippen molar-refractivity contribution in [3.63, 3.8) is 0 Å². The molecule has 154 valence electrons. The molecule has 1 saturated carbocycles. The Morgan fingerprint density at radius 3 is 2.64 bits per heavy atom. The molecule has 0 radical (unpaired) electrons. The van der Waals surface area contributed by atoms with Crippen LogP contribution in [-0.2, 0) is 17.8 Å². The van der Waals surface area contributed by atoms with Crippen molar-refractivity contribution >= 4 is 13.1 Å². The van der Waals surface area contributed by atoms with Gasteiger partial charge < -0.3 is 31.5 Å². The van der Waals surface area contributed by atoms with E-state index in [1.807, 2.05) is 0 Å². The molecule has 28 heavy (non-hydrogen) atoms. The highest BCUT2D eigenvalue weighted by Crippen LogP contribution is 2.38. The quantitative estimate of drug-likeness (QED) is 0.254. The number of aliphatic carboxylic acids is 1. The molecule has 0 aromatic heterocycles. The Balaban J connectivity index is 1.41. The van der Waals surface area contributed by atoms with Crippen molar-refractivity contribution in [2.75, 3.05) is 6.54 Å². The summed E-state index contributed by atoms with van der Waals surface area (Å²) in [5.41, 5.74) is 7.80. The first kappa shape index (κ1) is 21.3. The summed E-state index contributed by atoms with van der Waals surface area (Å²) in [5.74, 6) is -0.993. The molecule has 2 aliphatic rings. The van der Waals surface area contributed by atoms with E-state index in [0.29, 0.717) is 31.3 Å². The average molecular weight is 389 g/mol. The fourth-order valence-corrected chi connectivity index (χ4v) is 4.41. The molecule has 0 saturated heterocycles. The topological polar surface area (TPSA) is 128 Å². The second kappa shape index (κ2) is 9.37. The number of hydrogen-bond donors (Lipinski definition) is 6. The van der Waals surface area contributed by atoms with Crippen molar-refractivity contribution in [3.05, 3.63) is 35.4 Å². The number of nitrogens with one attached hydrogen (secondary N) is 2. The standard InChI is InChI=1S/C20H32BN3O4/c22-20(19(25)26,7-3-4-8-21(27)28)16-10-17(11-16)24-13-18-9-14-5-1-2-6-15(14)12-23-18/h1-2,5-6,16-18,23-24,27-28H,3-4,7-13,22H2,(H,25,26)/t16-,17+,18?,20?. The molecule has 1 aromatic carbocycles. The Labute approximate surface area is 166 Å². The van der Waals surface area contributed by atoms with Crippen molar-refractivity contribution in [2.24, 2.45) is 11.7 Å². The Morgan fingerprint density at radius 2 is 1.96 bits per heavy atom. The van der Waals surface area contributed by atoms with Gasteiger partial charge in [0.05, 0.1) is 0 Å². The highest BCUT2D eigenvalue weighted by atomic mass is 16.4. The summed E-state index contributed by atoms with van der Waals surface area (Å²) in [4.78, 5) is 11.8. The van der Waals surface area contributed by atoms with Crippen LogP contribution in [0.2, 0.25) is 6.32 Å². The van der Waals surface area contributed by atoms with Gasteiger partial charge in [-0.2, -0.15) is 0 Å². The van der Waals surface area contributed by atoms with Crippen LogP contribution in [-0.4, -0.2) is 52.4 Å². The lowest BCUT2D eigenvalue weighted by atomic mass is 9.66. The predicted octanol–water partition coefficient (Wildman–Crippen LogP) is 0.494. The van der Waals surface area contributed by atoms with Crippen molar-refractivity contribution in [3.8, 4) is 0 Å². The maximum absolute atomic E-state index is 11.8. The second-order valence-electron chi connectivity index (χ2n) is 8.40. The Hall–Kier alpha value is -1.45. The van der Waals surface area contributed by atoms with Crippen LogP contribution in [0.5, 0.6) is 0 Å². The van der Waals surface area contributed by atoms with E-state index in [4.69, 9.17) is 15.8 Å². The second-order valence-corrected chi connectivity index (χ2v) is 8.40. The van der Waals surface area contributed by atoms with E-state index in [9.17, 15) is 9.90 Å². The number of nitrogens with two attached hydrogens (primary N) is 1. The summed E-state index contributed by atoms with van der Waals surface area (Å²) >= 11 is 0. The monoisotopic (exact) mass is 389 g/mol. The van der Waals surface area contributed by atoms with Crippen LogP contribution >= 0.6 is 0 Å². The molecule has 1 fully saturated rings. The van der Waals surface area contributed by atoms with E-state index in [2.05, 4.69) is 34.9 Å². The molecule has 2 atom stereocenters. The van der Waals surface area contributed by atoms with E-state index >= 15 is 0 Å². The van der Waals surface area contributed by atoms with E-state index < -0.39 is 18.6 Å². The first-order valence-electron chi connectivity index (χ1n) is 10.3. The van der Waals surface area contributed by atoms with Crippen molar-refractivity contribution < 1.29 is 19.9 Å². The molecule has 0 bridgehead atoms. The van der Waals surface area contributed by atoms with Gasteiger partial charge in [-0.1, -0.05) is 37.1 Å². The van der Waals surface area contributed by atoms with Crippen molar-refractivity contribution in [1.29, 1.82) is 0 Å². The minimum atomic E-state index is -1.34. The number of unbranched alkanes of at least 4 members (excludes halogenated alkanes) is 1. The van der Waals surface area contributed by atoms with Crippen LogP contribution < -0.4 is 16.4 Å². The van der Waals surface area contributed by atoms with Gasteiger partial charge in [-0.25, -0.2) is 0 Å². The van der Waals surface area contributed by atoms with Gasteiger partial charge in [0, 0.05) is 25.2 Å². The molecule has 1 heterocycles. The van der Waals surface area contributed by atoms with Crippen LogP contribution in [0, 0.1) is 5.92 Å². The van der Waals surface area contributed by atoms with Gasteiger partial charge in [-0.05, 0) is 49.0 Å². The highest BCUT2D eigenvalue weighted by molar-refractivity contribution is 6.40. The number of hydrogen-bond acceptors (Lipinski definition) is 6. The first-order chi connectivity index (χ1) is 13.4. The molecular weight excluding hydrogens is 357 g/mol. The third kappa shape index (κ3) is 5.13. The smallest absolute Gasteiger partial charge is 0.451 e. The van der Waals surface area contributed by atoms with Crippen LogP contribution in [0.25, 0.3) is 0 Å². The molecule has 3 rings (SSSR count). The zero-order valence-corrected chi connectivity index (χ0v) is 16.3. The minimum Gasteiger partial charge on any atom is -0.480 e. The molecule has 0 amide bonds. The molecule has 8 heteroatoms. The molecule has 1 aromatic rings. The summed E-state index contributed by atoms with van der Waals surface area (Å²) in [6, 6.07) is 9.21. The van der Waals surface area contributed by atoms with Gasteiger partial charge in [-0.15, -0.1) is 0 Å². The lowest BCUT2D eigenvalue weighted by Gasteiger charge is -2.45. The van der Waals surface area contributed by atoms with Gasteiger partial charge in [0.25, 0.3) is 0 Å². The molecule has 7 N–H and O–H groups in total. The molecule has 1 aliphatic heterocycles. The Bertz CT molecular complexity index is 669. The Morgan fingerprint density at radius 1 is 1.25 bits per heavy atom. The van der Waals surface area contributed by atoms with E-state index in [1.165, 1.54) is 11.1 Å². The maximum atomic E-state index is 11.8. The van der Waals surface area contributed by atoms with Crippen molar-refractivity contribution in [2.45, 2.75) is 69.0 Å². The number of carbonyl (C=O) groups is 1. The summed E-state index contributed by atoms with van der Waals surface area (Å²) in [5, 5.41) is 34.6. The van der Waals surface area contributed by atoms with Gasteiger partial charge in [0.1, 0.15) is 5.54 Å². The maximum Gasteiger partial charge on any atom is 0.451 e. The summed E-state index contributed by atoms with van der Waals surface area (Å²) in [6.07, 6.45) is 4.32. The fraction of sp³-hybridized carbons (Fsp3) is 0.650.